The van der Waals surface area contributed by atoms with E-state index in [0.717, 1.165) is 11.3 Å². The summed E-state index contributed by atoms with van der Waals surface area (Å²) in [6.07, 6.45) is 5.71. The Morgan fingerprint density at radius 1 is 1.20 bits per heavy atom. The molecule has 0 unspecified atom stereocenters. The molecule has 0 atom stereocenters. The van der Waals surface area contributed by atoms with Crippen molar-refractivity contribution in [3.8, 4) is 11.4 Å². The number of anilines is 1. The summed E-state index contributed by atoms with van der Waals surface area (Å²) in [6, 6.07) is 12.2. The lowest BCUT2D eigenvalue weighted by Crippen LogP contribution is -2.21. The molecular weight excluding hydrogens is 408 g/mol. The zero-order chi connectivity index (χ0) is 21.3. The normalized spacial score (nSPS) is 10.7. The molecule has 9 heteroatoms. The molecule has 0 aliphatic rings. The molecule has 1 N–H and O–H groups in total. The number of esters is 1. The van der Waals surface area contributed by atoms with E-state index in [1.165, 1.54) is 23.4 Å². The van der Waals surface area contributed by atoms with Gasteiger partial charge in [0.05, 0.1) is 18.0 Å². The Labute approximate surface area is 178 Å². The molecule has 1 heterocycles. The lowest BCUT2D eigenvalue weighted by Gasteiger charge is -2.11. The molecule has 0 bridgehead atoms. The summed E-state index contributed by atoms with van der Waals surface area (Å²) in [4.78, 5) is 28.0. The molecule has 0 saturated heterocycles. The standard InChI is InChI=1S/C21H19ClN4O4/c1-2-29-17-7-3-15(4-8-17)5-10-21(28)30-12-20(27)25-18-11-16(22)6-9-19(18)26-14-23-13-24-26/h3-11,13-14H,2,12H2,1H3,(H,25,27)/b10-5+. The van der Waals surface area contributed by atoms with Gasteiger partial charge in [0.1, 0.15) is 18.4 Å². The van der Waals surface area contributed by atoms with E-state index in [2.05, 4.69) is 15.4 Å². The first-order valence-corrected chi connectivity index (χ1v) is 9.45. The predicted molar refractivity (Wildman–Crippen MR) is 113 cm³/mol. The first kappa shape index (κ1) is 21.1. The third kappa shape index (κ3) is 5.92. The molecule has 0 aliphatic carbocycles. The van der Waals surface area contributed by atoms with Crippen LogP contribution in [0.3, 0.4) is 0 Å². The van der Waals surface area contributed by atoms with Crippen molar-refractivity contribution < 1.29 is 19.1 Å². The fourth-order valence-corrected chi connectivity index (χ4v) is 2.69. The fourth-order valence-electron chi connectivity index (χ4n) is 2.52. The van der Waals surface area contributed by atoms with E-state index in [9.17, 15) is 9.59 Å². The molecule has 154 valence electrons. The SMILES string of the molecule is CCOc1ccc(/C=C/C(=O)OCC(=O)Nc2cc(Cl)ccc2-n2cncn2)cc1. The summed E-state index contributed by atoms with van der Waals surface area (Å²) in [5.74, 6) is -0.400. The molecule has 2 aromatic carbocycles. The number of amides is 1. The van der Waals surface area contributed by atoms with Crippen LogP contribution >= 0.6 is 11.6 Å². The molecule has 0 radical (unpaired) electrons. The number of hydrogen-bond donors (Lipinski definition) is 1. The van der Waals surface area contributed by atoms with Crippen molar-refractivity contribution in [2.24, 2.45) is 0 Å². The van der Waals surface area contributed by atoms with Gasteiger partial charge in [0.2, 0.25) is 0 Å². The van der Waals surface area contributed by atoms with Gasteiger partial charge in [-0.25, -0.2) is 14.5 Å². The van der Waals surface area contributed by atoms with Crippen LogP contribution in [-0.4, -0.2) is 39.9 Å². The highest BCUT2D eigenvalue weighted by Crippen LogP contribution is 2.23. The van der Waals surface area contributed by atoms with E-state index in [1.54, 1.807) is 36.4 Å². The third-order valence-electron chi connectivity index (χ3n) is 3.85. The van der Waals surface area contributed by atoms with Crippen LogP contribution in [0.25, 0.3) is 11.8 Å². The zero-order valence-electron chi connectivity index (χ0n) is 16.1. The number of halogens is 1. The van der Waals surface area contributed by atoms with Crippen LogP contribution in [0.4, 0.5) is 5.69 Å². The van der Waals surface area contributed by atoms with Gasteiger partial charge in [-0.15, -0.1) is 0 Å². The van der Waals surface area contributed by atoms with Crippen LogP contribution < -0.4 is 10.1 Å². The summed E-state index contributed by atoms with van der Waals surface area (Å²) >= 11 is 6.02. The largest absolute Gasteiger partial charge is 0.494 e. The minimum atomic E-state index is -0.637. The second kappa shape index (κ2) is 10.2. The van der Waals surface area contributed by atoms with Gasteiger partial charge in [-0.05, 0) is 48.9 Å². The second-order valence-electron chi connectivity index (χ2n) is 5.99. The number of nitrogens with zero attached hydrogens (tertiary/aromatic N) is 3. The van der Waals surface area contributed by atoms with Crippen LogP contribution in [0.1, 0.15) is 12.5 Å². The highest BCUT2D eigenvalue weighted by Gasteiger charge is 2.11. The second-order valence-corrected chi connectivity index (χ2v) is 6.43. The van der Waals surface area contributed by atoms with Crippen molar-refractivity contribution in [1.82, 2.24) is 14.8 Å². The number of rotatable bonds is 8. The van der Waals surface area contributed by atoms with E-state index >= 15 is 0 Å². The Balaban J connectivity index is 1.54. The highest BCUT2D eigenvalue weighted by molar-refractivity contribution is 6.31. The first-order chi connectivity index (χ1) is 14.5. The lowest BCUT2D eigenvalue weighted by molar-refractivity contribution is -0.142. The van der Waals surface area contributed by atoms with Crippen molar-refractivity contribution in [2.75, 3.05) is 18.5 Å². The Morgan fingerprint density at radius 2 is 2.00 bits per heavy atom. The van der Waals surface area contributed by atoms with E-state index in [-0.39, 0.29) is 0 Å². The average Bonchev–Trinajstić information content (AvgIpc) is 3.27. The van der Waals surface area contributed by atoms with Gasteiger partial charge in [0.25, 0.3) is 5.91 Å². The molecule has 0 spiro atoms. The van der Waals surface area contributed by atoms with Crippen LogP contribution in [0, 0.1) is 0 Å². The molecule has 30 heavy (non-hydrogen) atoms. The number of aromatic nitrogens is 3. The molecule has 3 aromatic rings. The Hall–Kier alpha value is -3.65. The molecule has 8 nitrogen and oxygen atoms in total. The number of hydrogen-bond acceptors (Lipinski definition) is 6. The smallest absolute Gasteiger partial charge is 0.331 e. The topological polar surface area (TPSA) is 95.3 Å². The fraction of sp³-hybridized carbons (Fsp3) is 0.143. The van der Waals surface area contributed by atoms with E-state index in [0.29, 0.717) is 23.0 Å². The Morgan fingerprint density at radius 3 is 2.70 bits per heavy atom. The summed E-state index contributed by atoms with van der Waals surface area (Å²) < 4.78 is 11.8. The van der Waals surface area contributed by atoms with Gasteiger partial charge < -0.3 is 14.8 Å². The maximum Gasteiger partial charge on any atom is 0.331 e. The summed E-state index contributed by atoms with van der Waals surface area (Å²) in [7, 11) is 0. The van der Waals surface area contributed by atoms with Crippen LogP contribution in [-0.2, 0) is 14.3 Å². The highest BCUT2D eigenvalue weighted by atomic mass is 35.5. The molecule has 0 aliphatic heterocycles. The minimum Gasteiger partial charge on any atom is -0.494 e. The van der Waals surface area contributed by atoms with Gasteiger partial charge in [0.15, 0.2) is 6.61 Å². The van der Waals surface area contributed by atoms with Gasteiger partial charge in [0, 0.05) is 11.1 Å². The Kier molecular flexibility index (Phi) is 7.18. The number of carbonyl (C=O) groups is 2. The van der Waals surface area contributed by atoms with Crippen molar-refractivity contribution in [3.63, 3.8) is 0 Å². The summed E-state index contributed by atoms with van der Waals surface area (Å²) in [5.41, 5.74) is 1.79. The maximum atomic E-state index is 12.2. The van der Waals surface area contributed by atoms with Crippen LogP contribution in [0.2, 0.25) is 5.02 Å². The molecular formula is C21H19ClN4O4. The average molecular weight is 427 g/mol. The molecule has 1 amide bonds. The molecule has 0 fully saturated rings. The van der Waals surface area contributed by atoms with Gasteiger partial charge in [-0.3, -0.25) is 4.79 Å². The van der Waals surface area contributed by atoms with E-state index in [1.807, 2.05) is 19.1 Å². The number of ether oxygens (including phenoxy) is 2. The van der Waals surface area contributed by atoms with Crippen LogP contribution in [0.5, 0.6) is 5.75 Å². The minimum absolute atomic E-state index is 0.416. The third-order valence-corrected chi connectivity index (χ3v) is 4.08. The lowest BCUT2D eigenvalue weighted by atomic mass is 10.2. The summed E-state index contributed by atoms with van der Waals surface area (Å²) in [6.45, 7) is 2.04. The number of benzene rings is 2. The van der Waals surface area contributed by atoms with Crippen molar-refractivity contribution in [1.29, 1.82) is 0 Å². The molecule has 0 saturated carbocycles. The number of carbonyl (C=O) groups excluding carboxylic acids is 2. The van der Waals surface area contributed by atoms with E-state index in [4.69, 9.17) is 21.1 Å². The molecule has 3 rings (SSSR count). The maximum absolute atomic E-state index is 12.2. The monoisotopic (exact) mass is 426 g/mol. The predicted octanol–water partition coefficient (Wildman–Crippen LogP) is 3.51. The van der Waals surface area contributed by atoms with E-state index < -0.39 is 18.5 Å². The van der Waals surface area contributed by atoms with Crippen LogP contribution in [0.15, 0.2) is 61.2 Å². The Bertz CT molecular complexity index is 1030. The van der Waals surface area contributed by atoms with Gasteiger partial charge >= 0.3 is 5.97 Å². The van der Waals surface area contributed by atoms with Gasteiger partial charge in [-0.1, -0.05) is 23.7 Å². The van der Waals surface area contributed by atoms with Gasteiger partial charge in [-0.2, -0.15) is 5.10 Å². The number of nitrogens with one attached hydrogen (secondary N) is 1. The van der Waals surface area contributed by atoms with Crippen molar-refractivity contribution in [2.45, 2.75) is 6.92 Å². The van der Waals surface area contributed by atoms with Crippen molar-refractivity contribution in [3.05, 3.63) is 71.8 Å². The first-order valence-electron chi connectivity index (χ1n) is 9.07. The molecule has 1 aromatic heterocycles. The van der Waals surface area contributed by atoms with Crippen molar-refractivity contribution >= 4 is 35.2 Å². The zero-order valence-corrected chi connectivity index (χ0v) is 16.9. The summed E-state index contributed by atoms with van der Waals surface area (Å²) in [5, 5.41) is 7.13. The quantitative estimate of drug-likeness (QED) is 0.437.